The number of fused-ring (bicyclic) bond motifs is 1. The molecule has 0 aliphatic heterocycles. The molecule has 3 N–H and O–H groups in total. The normalized spacial score (nSPS) is 10.8. The van der Waals surface area contributed by atoms with Crippen LogP contribution >= 0.6 is 0 Å². The molecular weight excluding hydrogens is 260 g/mol. The molecule has 0 unspecified atom stereocenters. The third-order valence-electron chi connectivity index (χ3n) is 3.39. The minimum atomic E-state index is 0.669. The van der Waals surface area contributed by atoms with E-state index >= 15 is 0 Å². The summed E-state index contributed by atoms with van der Waals surface area (Å²) in [5.41, 5.74) is 10.5. The first-order valence-electron chi connectivity index (χ1n) is 7.05. The molecule has 106 valence electrons. The van der Waals surface area contributed by atoms with Gasteiger partial charge in [0.05, 0.1) is 16.7 Å². The van der Waals surface area contributed by atoms with Crippen molar-refractivity contribution in [1.29, 1.82) is 0 Å². The van der Waals surface area contributed by atoms with Gasteiger partial charge >= 0.3 is 0 Å². The highest BCUT2D eigenvalue weighted by Crippen LogP contribution is 2.20. The van der Waals surface area contributed by atoms with Crippen molar-refractivity contribution in [3.8, 4) is 0 Å². The minimum Gasteiger partial charge on any atom is -0.339 e. The maximum absolute atomic E-state index is 5.56. The van der Waals surface area contributed by atoms with E-state index in [0.29, 0.717) is 6.54 Å². The molecule has 0 aliphatic carbocycles. The summed E-state index contributed by atoms with van der Waals surface area (Å²) in [5, 5.41) is 3.33. The summed E-state index contributed by atoms with van der Waals surface area (Å²) >= 11 is 0. The Morgan fingerprint density at radius 3 is 2.29 bits per heavy atom. The largest absolute Gasteiger partial charge is 0.339 e. The van der Waals surface area contributed by atoms with E-state index in [9.17, 15) is 0 Å². The quantitative estimate of drug-likeness (QED) is 0.769. The molecule has 3 rings (SSSR count). The second-order valence-corrected chi connectivity index (χ2v) is 5.01. The number of aromatic nitrogens is 2. The van der Waals surface area contributed by atoms with E-state index in [1.165, 1.54) is 5.56 Å². The Morgan fingerprint density at radius 1 is 0.952 bits per heavy atom. The van der Waals surface area contributed by atoms with E-state index < -0.39 is 0 Å². The second kappa shape index (κ2) is 5.89. The predicted octanol–water partition coefficient (Wildman–Crippen LogP) is 3.18. The molecular formula is C17H18N4. The Labute approximate surface area is 124 Å². The molecule has 0 amide bonds. The topological polar surface area (TPSA) is 63.8 Å². The Hall–Kier alpha value is -2.46. The lowest BCUT2D eigenvalue weighted by Crippen LogP contribution is -2.03. The first kappa shape index (κ1) is 13.5. The van der Waals surface area contributed by atoms with Gasteiger partial charge in [0.15, 0.2) is 5.82 Å². The van der Waals surface area contributed by atoms with Crippen LogP contribution in [0.2, 0.25) is 0 Å². The van der Waals surface area contributed by atoms with Crippen molar-refractivity contribution in [1.82, 2.24) is 9.97 Å². The Morgan fingerprint density at radius 2 is 1.62 bits per heavy atom. The van der Waals surface area contributed by atoms with Crippen LogP contribution in [0.25, 0.3) is 11.0 Å². The van der Waals surface area contributed by atoms with Gasteiger partial charge in [0.1, 0.15) is 0 Å². The predicted molar refractivity (Wildman–Crippen MR) is 86.8 cm³/mol. The van der Waals surface area contributed by atoms with Gasteiger partial charge in [-0.2, -0.15) is 0 Å². The van der Waals surface area contributed by atoms with Crippen LogP contribution in [0.3, 0.4) is 0 Å². The van der Waals surface area contributed by atoms with Gasteiger partial charge in [-0.25, -0.2) is 9.97 Å². The summed E-state index contributed by atoms with van der Waals surface area (Å²) in [5.74, 6) is 0.792. The van der Waals surface area contributed by atoms with Gasteiger partial charge < -0.3 is 11.1 Å². The second-order valence-electron chi connectivity index (χ2n) is 5.01. The Balaban J connectivity index is 1.88. The zero-order valence-corrected chi connectivity index (χ0v) is 12.0. The van der Waals surface area contributed by atoms with Crippen LogP contribution in [-0.2, 0) is 6.42 Å². The van der Waals surface area contributed by atoms with Gasteiger partial charge in [0.2, 0.25) is 0 Å². The molecule has 0 saturated heterocycles. The fourth-order valence-corrected chi connectivity index (χ4v) is 2.26. The molecule has 4 nitrogen and oxygen atoms in total. The molecule has 1 heterocycles. The lowest BCUT2D eigenvalue weighted by Gasteiger charge is -2.10. The van der Waals surface area contributed by atoms with Crippen LogP contribution in [0, 0.1) is 6.92 Å². The van der Waals surface area contributed by atoms with Crippen molar-refractivity contribution in [2.75, 3.05) is 11.9 Å². The van der Waals surface area contributed by atoms with Crippen LogP contribution in [-0.4, -0.2) is 16.5 Å². The van der Waals surface area contributed by atoms with Crippen molar-refractivity contribution in [2.24, 2.45) is 5.73 Å². The third kappa shape index (κ3) is 3.01. The van der Waals surface area contributed by atoms with E-state index in [1.807, 2.05) is 43.3 Å². The molecule has 0 aliphatic rings. The van der Waals surface area contributed by atoms with Gasteiger partial charge in [-0.15, -0.1) is 0 Å². The van der Waals surface area contributed by atoms with Crippen LogP contribution in [0.1, 0.15) is 11.3 Å². The zero-order chi connectivity index (χ0) is 14.7. The van der Waals surface area contributed by atoms with Gasteiger partial charge in [0.25, 0.3) is 0 Å². The fraction of sp³-hybridized carbons (Fsp3) is 0.176. The molecule has 3 aromatic rings. The van der Waals surface area contributed by atoms with E-state index in [4.69, 9.17) is 5.73 Å². The number of rotatable bonds is 4. The standard InChI is InChI=1S/C17H18N4/c1-12-17(21-16-5-3-2-4-15(16)19-12)20-14-8-6-13(7-9-14)10-11-18/h2-9H,10-11,18H2,1H3,(H,20,21). The number of para-hydroxylation sites is 2. The van der Waals surface area contributed by atoms with Gasteiger partial charge in [0, 0.05) is 5.69 Å². The Kier molecular flexibility index (Phi) is 3.79. The maximum atomic E-state index is 5.56. The molecule has 4 heteroatoms. The van der Waals surface area contributed by atoms with Crippen LogP contribution in [0.15, 0.2) is 48.5 Å². The van der Waals surface area contributed by atoms with Crippen molar-refractivity contribution >= 4 is 22.5 Å². The first-order valence-corrected chi connectivity index (χ1v) is 7.05. The number of aryl methyl sites for hydroxylation is 1. The number of anilines is 2. The van der Waals surface area contributed by atoms with Crippen molar-refractivity contribution in [3.05, 3.63) is 59.8 Å². The zero-order valence-electron chi connectivity index (χ0n) is 12.0. The minimum absolute atomic E-state index is 0.669. The maximum Gasteiger partial charge on any atom is 0.152 e. The van der Waals surface area contributed by atoms with Crippen molar-refractivity contribution in [2.45, 2.75) is 13.3 Å². The average molecular weight is 278 g/mol. The van der Waals surface area contributed by atoms with Crippen molar-refractivity contribution in [3.63, 3.8) is 0 Å². The molecule has 0 spiro atoms. The van der Waals surface area contributed by atoms with Crippen LogP contribution in [0.4, 0.5) is 11.5 Å². The van der Waals surface area contributed by atoms with Gasteiger partial charge in [-0.3, -0.25) is 0 Å². The van der Waals surface area contributed by atoms with Gasteiger partial charge in [-0.05, 0) is 49.7 Å². The average Bonchev–Trinajstić information content (AvgIpc) is 2.50. The molecule has 0 bridgehead atoms. The van der Waals surface area contributed by atoms with Gasteiger partial charge in [-0.1, -0.05) is 24.3 Å². The molecule has 0 saturated carbocycles. The molecule has 1 aromatic heterocycles. The molecule has 2 aromatic carbocycles. The lowest BCUT2D eigenvalue weighted by molar-refractivity contribution is 0.969. The van der Waals surface area contributed by atoms with Crippen LogP contribution < -0.4 is 11.1 Å². The number of hydrogen-bond donors (Lipinski definition) is 2. The molecule has 21 heavy (non-hydrogen) atoms. The molecule has 0 fully saturated rings. The monoisotopic (exact) mass is 278 g/mol. The summed E-state index contributed by atoms with van der Waals surface area (Å²) in [6.07, 6.45) is 0.898. The fourth-order valence-electron chi connectivity index (χ4n) is 2.26. The number of nitrogens with zero attached hydrogens (tertiary/aromatic N) is 2. The highest BCUT2D eigenvalue weighted by atomic mass is 15.0. The Bertz CT molecular complexity index is 750. The highest BCUT2D eigenvalue weighted by molar-refractivity contribution is 5.77. The lowest BCUT2D eigenvalue weighted by atomic mass is 10.1. The smallest absolute Gasteiger partial charge is 0.152 e. The summed E-state index contributed by atoms with van der Waals surface area (Å²) < 4.78 is 0. The number of nitrogens with one attached hydrogen (secondary N) is 1. The highest BCUT2D eigenvalue weighted by Gasteiger charge is 2.05. The SMILES string of the molecule is Cc1nc2ccccc2nc1Nc1ccc(CCN)cc1. The van der Waals surface area contributed by atoms with Crippen molar-refractivity contribution < 1.29 is 0 Å². The van der Waals surface area contributed by atoms with E-state index in [0.717, 1.165) is 34.7 Å². The number of benzene rings is 2. The summed E-state index contributed by atoms with van der Waals surface area (Å²) in [6, 6.07) is 16.1. The van der Waals surface area contributed by atoms with E-state index in [1.54, 1.807) is 0 Å². The molecule has 0 atom stereocenters. The summed E-state index contributed by atoms with van der Waals surface area (Å²) in [7, 11) is 0. The first-order chi connectivity index (χ1) is 10.3. The number of hydrogen-bond acceptors (Lipinski definition) is 4. The van der Waals surface area contributed by atoms with Crippen LogP contribution in [0.5, 0.6) is 0 Å². The number of nitrogens with two attached hydrogens (primary N) is 1. The molecule has 0 radical (unpaired) electrons. The summed E-state index contributed by atoms with van der Waals surface area (Å²) in [4.78, 5) is 9.21. The summed E-state index contributed by atoms with van der Waals surface area (Å²) in [6.45, 7) is 2.63. The van der Waals surface area contributed by atoms with E-state index in [2.05, 4.69) is 27.4 Å². The third-order valence-corrected chi connectivity index (χ3v) is 3.39. The van der Waals surface area contributed by atoms with E-state index in [-0.39, 0.29) is 0 Å².